The average molecular weight is 266 g/mol. The SMILES string of the molecule is CCc1cn[nH]c1NC(=O)CCCCCNC(C)=O. The molecule has 0 atom stereocenters. The summed E-state index contributed by atoms with van der Waals surface area (Å²) in [5.74, 6) is 0.688. The molecule has 0 aliphatic heterocycles. The number of aromatic amines is 1. The first-order valence-electron chi connectivity index (χ1n) is 6.70. The van der Waals surface area contributed by atoms with Crippen molar-refractivity contribution in [2.24, 2.45) is 0 Å². The van der Waals surface area contributed by atoms with Gasteiger partial charge in [-0.05, 0) is 19.3 Å². The summed E-state index contributed by atoms with van der Waals surface area (Å²) in [6, 6.07) is 0. The van der Waals surface area contributed by atoms with Crippen molar-refractivity contribution in [3.8, 4) is 0 Å². The van der Waals surface area contributed by atoms with Gasteiger partial charge in [0.05, 0.1) is 6.20 Å². The van der Waals surface area contributed by atoms with Crippen LogP contribution in [-0.2, 0) is 16.0 Å². The highest BCUT2D eigenvalue weighted by Gasteiger charge is 2.07. The molecule has 1 heterocycles. The second-order valence-electron chi connectivity index (χ2n) is 4.47. The molecule has 1 rings (SSSR count). The van der Waals surface area contributed by atoms with E-state index in [1.807, 2.05) is 6.92 Å². The van der Waals surface area contributed by atoms with Crippen molar-refractivity contribution in [2.45, 2.75) is 46.0 Å². The first-order chi connectivity index (χ1) is 9.13. The predicted octanol–water partition coefficient (Wildman–Crippen LogP) is 1.61. The number of rotatable bonds is 8. The summed E-state index contributed by atoms with van der Waals surface area (Å²) in [6.45, 7) is 4.20. The zero-order chi connectivity index (χ0) is 14.1. The van der Waals surface area contributed by atoms with Crippen LogP contribution in [0.1, 0.15) is 45.1 Å². The third-order valence-corrected chi connectivity index (χ3v) is 2.82. The zero-order valence-corrected chi connectivity index (χ0v) is 11.6. The third kappa shape index (κ3) is 6.03. The maximum atomic E-state index is 11.7. The Morgan fingerprint density at radius 3 is 2.79 bits per heavy atom. The van der Waals surface area contributed by atoms with Gasteiger partial charge in [-0.15, -0.1) is 0 Å². The van der Waals surface area contributed by atoms with E-state index in [0.29, 0.717) is 18.8 Å². The quantitative estimate of drug-likeness (QED) is 0.625. The lowest BCUT2D eigenvalue weighted by Gasteiger charge is -2.05. The number of amides is 2. The molecule has 0 saturated heterocycles. The molecule has 0 aromatic carbocycles. The smallest absolute Gasteiger partial charge is 0.225 e. The van der Waals surface area contributed by atoms with Gasteiger partial charge in [0.25, 0.3) is 0 Å². The monoisotopic (exact) mass is 266 g/mol. The van der Waals surface area contributed by atoms with Crippen molar-refractivity contribution in [1.29, 1.82) is 0 Å². The van der Waals surface area contributed by atoms with Gasteiger partial charge in [0.1, 0.15) is 5.82 Å². The maximum absolute atomic E-state index is 11.7. The van der Waals surface area contributed by atoms with E-state index in [-0.39, 0.29) is 11.8 Å². The minimum atomic E-state index is -0.0101. The highest BCUT2D eigenvalue weighted by Crippen LogP contribution is 2.12. The molecule has 1 aromatic rings. The molecule has 1 aromatic heterocycles. The van der Waals surface area contributed by atoms with Crippen LogP contribution in [0.15, 0.2) is 6.20 Å². The fourth-order valence-corrected chi connectivity index (χ4v) is 1.74. The fourth-order valence-electron chi connectivity index (χ4n) is 1.74. The Labute approximate surface area is 113 Å². The second-order valence-corrected chi connectivity index (χ2v) is 4.47. The Hall–Kier alpha value is -1.85. The van der Waals surface area contributed by atoms with Crippen molar-refractivity contribution < 1.29 is 9.59 Å². The number of anilines is 1. The Bertz CT molecular complexity index is 415. The van der Waals surface area contributed by atoms with Crippen molar-refractivity contribution in [2.75, 3.05) is 11.9 Å². The van der Waals surface area contributed by atoms with Crippen LogP contribution in [0.25, 0.3) is 0 Å². The summed E-state index contributed by atoms with van der Waals surface area (Å²) in [6.07, 6.45) is 5.70. The Morgan fingerprint density at radius 1 is 1.32 bits per heavy atom. The summed E-state index contributed by atoms with van der Waals surface area (Å²) in [5, 5.41) is 12.2. The predicted molar refractivity (Wildman–Crippen MR) is 73.7 cm³/mol. The van der Waals surface area contributed by atoms with Crippen LogP contribution in [0.4, 0.5) is 5.82 Å². The van der Waals surface area contributed by atoms with Crippen LogP contribution >= 0.6 is 0 Å². The van der Waals surface area contributed by atoms with E-state index in [1.54, 1.807) is 6.20 Å². The highest BCUT2D eigenvalue weighted by atomic mass is 16.2. The van der Waals surface area contributed by atoms with Crippen molar-refractivity contribution in [3.05, 3.63) is 11.8 Å². The van der Waals surface area contributed by atoms with E-state index < -0.39 is 0 Å². The molecule has 0 aliphatic rings. The van der Waals surface area contributed by atoms with Gasteiger partial charge in [-0.2, -0.15) is 5.10 Å². The van der Waals surface area contributed by atoms with Crippen LogP contribution in [0.2, 0.25) is 0 Å². The normalized spacial score (nSPS) is 10.2. The molecule has 106 valence electrons. The lowest BCUT2D eigenvalue weighted by atomic mass is 10.2. The second kappa shape index (κ2) is 8.29. The fraction of sp³-hybridized carbons (Fsp3) is 0.615. The van der Waals surface area contributed by atoms with Crippen LogP contribution < -0.4 is 10.6 Å². The highest BCUT2D eigenvalue weighted by molar-refractivity contribution is 5.90. The number of nitrogens with one attached hydrogen (secondary N) is 3. The summed E-state index contributed by atoms with van der Waals surface area (Å²) < 4.78 is 0. The molecule has 0 saturated carbocycles. The molecule has 0 aliphatic carbocycles. The van der Waals surface area contributed by atoms with Crippen LogP contribution in [0.5, 0.6) is 0 Å². The van der Waals surface area contributed by atoms with E-state index in [4.69, 9.17) is 0 Å². The maximum Gasteiger partial charge on any atom is 0.225 e. The van der Waals surface area contributed by atoms with Crippen LogP contribution in [0.3, 0.4) is 0 Å². The van der Waals surface area contributed by atoms with E-state index in [0.717, 1.165) is 31.2 Å². The van der Waals surface area contributed by atoms with Gasteiger partial charge in [-0.25, -0.2) is 0 Å². The first kappa shape index (κ1) is 15.2. The van der Waals surface area contributed by atoms with E-state index >= 15 is 0 Å². The number of hydrogen-bond acceptors (Lipinski definition) is 3. The van der Waals surface area contributed by atoms with Crippen molar-refractivity contribution in [3.63, 3.8) is 0 Å². The molecule has 0 bridgehead atoms. The Balaban J connectivity index is 2.13. The van der Waals surface area contributed by atoms with Gasteiger partial charge >= 0.3 is 0 Å². The number of H-pyrrole nitrogens is 1. The first-order valence-corrected chi connectivity index (χ1v) is 6.70. The third-order valence-electron chi connectivity index (χ3n) is 2.82. The number of carbonyl (C=O) groups excluding carboxylic acids is 2. The van der Waals surface area contributed by atoms with E-state index in [9.17, 15) is 9.59 Å². The molecule has 19 heavy (non-hydrogen) atoms. The van der Waals surface area contributed by atoms with Gasteiger partial charge < -0.3 is 10.6 Å². The molecule has 2 amide bonds. The van der Waals surface area contributed by atoms with Gasteiger partial charge in [-0.1, -0.05) is 13.3 Å². The Morgan fingerprint density at radius 2 is 2.11 bits per heavy atom. The topological polar surface area (TPSA) is 86.9 Å². The molecule has 0 fully saturated rings. The molecule has 0 radical (unpaired) electrons. The van der Waals surface area contributed by atoms with Gasteiger partial charge in [-0.3, -0.25) is 14.7 Å². The standard InChI is InChI=1S/C13H22N4O2/c1-3-11-9-15-17-13(11)16-12(19)7-5-4-6-8-14-10(2)18/h9H,3-8H2,1-2H3,(H,14,18)(H2,15,16,17,19). The minimum Gasteiger partial charge on any atom is -0.356 e. The average Bonchev–Trinajstić information content (AvgIpc) is 2.80. The lowest BCUT2D eigenvalue weighted by Crippen LogP contribution is -2.20. The summed E-state index contributed by atoms with van der Waals surface area (Å²) in [4.78, 5) is 22.3. The molecule has 0 unspecified atom stereocenters. The molecule has 3 N–H and O–H groups in total. The number of aromatic nitrogens is 2. The lowest BCUT2D eigenvalue weighted by molar-refractivity contribution is -0.119. The Kier molecular flexibility index (Phi) is 6.63. The van der Waals surface area contributed by atoms with Crippen molar-refractivity contribution >= 4 is 17.6 Å². The van der Waals surface area contributed by atoms with Crippen LogP contribution in [0, 0.1) is 0 Å². The number of carbonyl (C=O) groups is 2. The summed E-state index contributed by atoms with van der Waals surface area (Å²) in [5.41, 5.74) is 1.01. The zero-order valence-electron chi connectivity index (χ0n) is 11.6. The summed E-state index contributed by atoms with van der Waals surface area (Å²) >= 11 is 0. The molecule has 6 nitrogen and oxygen atoms in total. The van der Waals surface area contributed by atoms with Gasteiger partial charge in [0.15, 0.2) is 0 Å². The van der Waals surface area contributed by atoms with Crippen LogP contribution in [-0.4, -0.2) is 28.6 Å². The van der Waals surface area contributed by atoms with E-state index in [2.05, 4.69) is 20.8 Å². The molecule has 0 spiro atoms. The van der Waals surface area contributed by atoms with Crippen molar-refractivity contribution in [1.82, 2.24) is 15.5 Å². The number of nitrogens with zero attached hydrogens (tertiary/aromatic N) is 1. The van der Waals surface area contributed by atoms with Gasteiger partial charge in [0.2, 0.25) is 11.8 Å². The molecular weight excluding hydrogens is 244 g/mol. The summed E-state index contributed by atoms with van der Waals surface area (Å²) in [7, 11) is 0. The largest absolute Gasteiger partial charge is 0.356 e. The minimum absolute atomic E-state index is 0.00141. The molecular formula is C13H22N4O2. The van der Waals surface area contributed by atoms with E-state index in [1.165, 1.54) is 6.92 Å². The van der Waals surface area contributed by atoms with Gasteiger partial charge in [0, 0.05) is 25.5 Å². The number of aryl methyl sites for hydroxylation is 1. The number of hydrogen-bond donors (Lipinski definition) is 3. The number of unbranched alkanes of at least 4 members (excludes halogenated alkanes) is 2. The molecule has 6 heteroatoms.